The molecular weight excluding hydrogens is 356 g/mol. The number of fused-ring (bicyclic) bond motifs is 1. The standard InChI is InChI=1S/C22H24N2O4/c1-14-8-9-15(2)16(12-14)18(25)10-11-21(26)24-13-20(22(27)23-3)28-19-7-5-4-6-17(19)24/h4-9,12,20H,10-11,13H2,1-3H3,(H,23,27)/t20-/m1/s1. The van der Waals surface area contributed by atoms with Gasteiger partial charge in [-0.15, -0.1) is 0 Å². The molecule has 0 bridgehead atoms. The number of carbonyl (C=O) groups excluding carboxylic acids is 3. The smallest absolute Gasteiger partial charge is 0.262 e. The lowest BCUT2D eigenvalue weighted by atomic mass is 9.99. The number of nitrogens with zero attached hydrogens (tertiary/aromatic N) is 1. The second-order valence-electron chi connectivity index (χ2n) is 6.93. The van der Waals surface area contributed by atoms with Crippen molar-refractivity contribution in [2.24, 2.45) is 0 Å². The molecule has 0 radical (unpaired) electrons. The van der Waals surface area contributed by atoms with Crippen LogP contribution in [0.1, 0.15) is 34.3 Å². The van der Waals surface area contributed by atoms with E-state index in [1.54, 1.807) is 18.2 Å². The quantitative estimate of drug-likeness (QED) is 0.810. The predicted molar refractivity (Wildman–Crippen MR) is 107 cm³/mol. The molecule has 1 aliphatic rings. The van der Waals surface area contributed by atoms with E-state index in [4.69, 9.17) is 4.74 Å². The molecule has 28 heavy (non-hydrogen) atoms. The molecule has 0 saturated carbocycles. The molecule has 0 aromatic heterocycles. The van der Waals surface area contributed by atoms with Gasteiger partial charge in [-0.1, -0.05) is 29.8 Å². The van der Waals surface area contributed by atoms with Crippen LogP contribution in [-0.2, 0) is 9.59 Å². The van der Waals surface area contributed by atoms with E-state index >= 15 is 0 Å². The van der Waals surface area contributed by atoms with Crippen molar-refractivity contribution in [3.8, 4) is 5.75 Å². The summed E-state index contributed by atoms with van der Waals surface area (Å²) in [5.74, 6) is -0.0717. The number of rotatable bonds is 5. The fourth-order valence-corrected chi connectivity index (χ4v) is 3.29. The van der Waals surface area contributed by atoms with Gasteiger partial charge in [0.2, 0.25) is 5.91 Å². The second-order valence-corrected chi connectivity index (χ2v) is 6.93. The molecule has 0 saturated heterocycles. The molecule has 6 nitrogen and oxygen atoms in total. The summed E-state index contributed by atoms with van der Waals surface area (Å²) in [5.41, 5.74) is 3.18. The number of hydrogen-bond donors (Lipinski definition) is 1. The van der Waals surface area contributed by atoms with E-state index in [1.165, 1.54) is 11.9 Å². The van der Waals surface area contributed by atoms with Gasteiger partial charge in [-0.2, -0.15) is 0 Å². The maximum atomic E-state index is 12.9. The number of ether oxygens (including phenoxy) is 1. The van der Waals surface area contributed by atoms with Crippen molar-refractivity contribution in [3.63, 3.8) is 0 Å². The SMILES string of the molecule is CNC(=O)[C@H]1CN(C(=O)CCC(=O)c2cc(C)ccc2C)c2ccccc2O1. The minimum atomic E-state index is -0.779. The lowest BCUT2D eigenvalue weighted by Gasteiger charge is -2.34. The summed E-state index contributed by atoms with van der Waals surface area (Å²) in [6.45, 7) is 3.94. The topological polar surface area (TPSA) is 75.7 Å². The fourth-order valence-electron chi connectivity index (χ4n) is 3.29. The van der Waals surface area contributed by atoms with Crippen molar-refractivity contribution >= 4 is 23.3 Å². The van der Waals surface area contributed by atoms with Crippen molar-refractivity contribution < 1.29 is 19.1 Å². The van der Waals surface area contributed by atoms with Gasteiger partial charge in [0.25, 0.3) is 5.91 Å². The Hall–Kier alpha value is -3.15. The van der Waals surface area contributed by atoms with E-state index in [1.807, 2.05) is 38.1 Å². The van der Waals surface area contributed by atoms with Gasteiger partial charge in [-0.3, -0.25) is 14.4 Å². The van der Waals surface area contributed by atoms with Gasteiger partial charge < -0.3 is 15.0 Å². The summed E-state index contributed by atoms with van der Waals surface area (Å²) in [5, 5.41) is 2.55. The van der Waals surface area contributed by atoms with Gasteiger partial charge >= 0.3 is 0 Å². The number of para-hydroxylation sites is 2. The molecule has 3 rings (SSSR count). The number of hydrogen-bond acceptors (Lipinski definition) is 4. The van der Waals surface area contributed by atoms with Crippen LogP contribution in [-0.4, -0.2) is 37.3 Å². The predicted octanol–water partition coefficient (Wildman–Crippen LogP) is 2.81. The Kier molecular flexibility index (Phi) is 5.78. The van der Waals surface area contributed by atoms with Crippen LogP contribution >= 0.6 is 0 Å². The average Bonchev–Trinajstić information content (AvgIpc) is 2.71. The molecule has 0 aliphatic carbocycles. The highest BCUT2D eigenvalue weighted by atomic mass is 16.5. The number of likely N-dealkylation sites (N-methyl/N-ethyl adjacent to an activating group) is 1. The van der Waals surface area contributed by atoms with Crippen molar-refractivity contribution in [2.75, 3.05) is 18.5 Å². The van der Waals surface area contributed by atoms with Crippen LogP contribution in [0.3, 0.4) is 0 Å². The molecule has 2 aromatic carbocycles. The summed E-state index contributed by atoms with van der Waals surface area (Å²) in [4.78, 5) is 39.1. The number of amides is 2. The molecule has 0 spiro atoms. The highest BCUT2D eigenvalue weighted by Crippen LogP contribution is 2.33. The molecule has 1 N–H and O–H groups in total. The van der Waals surface area contributed by atoms with Gasteiger partial charge in [0.15, 0.2) is 11.9 Å². The van der Waals surface area contributed by atoms with Crippen LogP contribution in [0.5, 0.6) is 5.75 Å². The van der Waals surface area contributed by atoms with E-state index in [-0.39, 0.29) is 37.0 Å². The van der Waals surface area contributed by atoms with E-state index in [9.17, 15) is 14.4 Å². The zero-order chi connectivity index (χ0) is 20.3. The van der Waals surface area contributed by atoms with Crippen LogP contribution < -0.4 is 15.0 Å². The first kappa shape index (κ1) is 19.6. The highest BCUT2D eigenvalue weighted by molar-refractivity contribution is 6.02. The second kappa shape index (κ2) is 8.25. The van der Waals surface area contributed by atoms with E-state index < -0.39 is 6.10 Å². The molecule has 1 aliphatic heterocycles. The third-order valence-electron chi connectivity index (χ3n) is 4.87. The Bertz CT molecular complexity index is 923. The van der Waals surface area contributed by atoms with Crippen LogP contribution in [0.4, 0.5) is 5.69 Å². The lowest BCUT2D eigenvalue weighted by molar-refractivity contribution is -0.127. The highest BCUT2D eigenvalue weighted by Gasteiger charge is 2.33. The number of anilines is 1. The van der Waals surface area contributed by atoms with Gasteiger partial charge in [0.1, 0.15) is 5.75 Å². The summed E-state index contributed by atoms with van der Waals surface area (Å²) >= 11 is 0. The number of aryl methyl sites for hydroxylation is 2. The molecule has 6 heteroatoms. The van der Waals surface area contributed by atoms with E-state index in [0.717, 1.165) is 11.1 Å². The van der Waals surface area contributed by atoms with Crippen molar-refractivity contribution in [1.82, 2.24) is 5.32 Å². The number of benzene rings is 2. The third kappa shape index (κ3) is 4.06. The molecule has 1 heterocycles. The Morgan fingerprint density at radius 3 is 2.61 bits per heavy atom. The average molecular weight is 380 g/mol. The Labute approximate surface area is 164 Å². The minimum absolute atomic E-state index is 0.0565. The van der Waals surface area contributed by atoms with Crippen LogP contribution in [0.25, 0.3) is 0 Å². The first-order valence-electron chi connectivity index (χ1n) is 9.29. The van der Waals surface area contributed by atoms with Gasteiger partial charge in [-0.05, 0) is 37.6 Å². The summed E-state index contributed by atoms with van der Waals surface area (Å²) < 4.78 is 5.72. The zero-order valence-corrected chi connectivity index (χ0v) is 16.3. The van der Waals surface area contributed by atoms with Crippen molar-refractivity contribution in [2.45, 2.75) is 32.8 Å². The van der Waals surface area contributed by atoms with Crippen molar-refractivity contribution in [1.29, 1.82) is 0 Å². The molecule has 0 fully saturated rings. The third-order valence-corrected chi connectivity index (χ3v) is 4.87. The summed E-state index contributed by atoms with van der Waals surface area (Å²) in [7, 11) is 1.53. The molecule has 2 aromatic rings. The molecule has 0 unspecified atom stereocenters. The number of carbonyl (C=O) groups is 3. The summed E-state index contributed by atoms with van der Waals surface area (Å²) in [6, 6.07) is 12.8. The number of nitrogens with one attached hydrogen (secondary N) is 1. The first-order chi connectivity index (χ1) is 13.4. The molecule has 146 valence electrons. The van der Waals surface area contributed by atoms with Gasteiger partial charge in [0, 0.05) is 25.5 Å². The maximum Gasteiger partial charge on any atom is 0.262 e. The first-order valence-corrected chi connectivity index (χ1v) is 9.29. The monoisotopic (exact) mass is 380 g/mol. The molecular formula is C22H24N2O4. The fraction of sp³-hybridized carbons (Fsp3) is 0.318. The largest absolute Gasteiger partial charge is 0.477 e. The minimum Gasteiger partial charge on any atom is -0.477 e. The van der Waals surface area contributed by atoms with Gasteiger partial charge in [0.05, 0.1) is 12.2 Å². The molecule has 1 atom stereocenters. The zero-order valence-electron chi connectivity index (χ0n) is 16.3. The Balaban J connectivity index is 1.75. The number of ketones is 1. The molecule has 2 amide bonds. The summed E-state index contributed by atoms with van der Waals surface area (Å²) in [6.07, 6.45) is -0.590. The van der Waals surface area contributed by atoms with Gasteiger partial charge in [-0.25, -0.2) is 0 Å². The van der Waals surface area contributed by atoms with Crippen molar-refractivity contribution in [3.05, 3.63) is 59.2 Å². The Morgan fingerprint density at radius 1 is 1.11 bits per heavy atom. The van der Waals surface area contributed by atoms with Crippen LogP contribution in [0.15, 0.2) is 42.5 Å². The van der Waals surface area contributed by atoms with Crippen LogP contribution in [0, 0.1) is 13.8 Å². The van der Waals surface area contributed by atoms with Crippen LogP contribution in [0.2, 0.25) is 0 Å². The van der Waals surface area contributed by atoms with E-state index in [0.29, 0.717) is 17.0 Å². The normalized spacial score (nSPS) is 15.4. The lowest BCUT2D eigenvalue weighted by Crippen LogP contribution is -2.50. The Morgan fingerprint density at radius 2 is 1.86 bits per heavy atom. The van der Waals surface area contributed by atoms with E-state index in [2.05, 4.69) is 5.32 Å². The maximum absolute atomic E-state index is 12.9. The number of Topliss-reactive ketones (excluding diaryl/α,β-unsaturated/α-hetero) is 1.